The van der Waals surface area contributed by atoms with Gasteiger partial charge in [0.2, 0.25) is 0 Å². The smallest absolute Gasteiger partial charge is 0.315 e. The van der Waals surface area contributed by atoms with Gasteiger partial charge in [0.15, 0.2) is 0 Å². The number of aromatic nitrogens is 1. The first-order valence-electron chi connectivity index (χ1n) is 6.59. The molecule has 1 aromatic heterocycles. The van der Waals surface area contributed by atoms with E-state index < -0.39 is 11.8 Å². The van der Waals surface area contributed by atoms with Crippen molar-refractivity contribution in [2.45, 2.75) is 26.7 Å². The number of carbonyl (C=O) groups is 2. The van der Waals surface area contributed by atoms with E-state index in [1.807, 2.05) is 13.0 Å². The van der Waals surface area contributed by atoms with E-state index in [2.05, 4.69) is 17.2 Å². The summed E-state index contributed by atoms with van der Waals surface area (Å²) < 4.78 is 0. The molecule has 1 N–H and O–H groups in total. The Morgan fingerprint density at radius 2 is 2.21 bits per heavy atom. The lowest BCUT2D eigenvalue weighted by atomic mass is 10.0. The predicted octanol–water partition coefficient (Wildman–Crippen LogP) is 1.59. The molecule has 0 aliphatic carbocycles. The molecule has 1 aliphatic rings. The number of pyridine rings is 1. The summed E-state index contributed by atoms with van der Waals surface area (Å²) in [5.41, 5.74) is 1.01. The van der Waals surface area contributed by atoms with Gasteiger partial charge in [0.05, 0.1) is 0 Å². The Morgan fingerprint density at radius 3 is 2.84 bits per heavy atom. The molecular weight excluding hydrogens is 242 g/mol. The van der Waals surface area contributed by atoms with Crippen LogP contribution in [0.25, 0.3) is 0 Å². The van der Waals surface area contributed by atoms with E-state index >= 15 is 0 Å². The van der Waals surface area contributed by atoms with Crippen molar-refractivity contribution in [3.63, 3.8) is 0 Å². The summed E-state index contributed by atoms with van der Waals surface area (Å²) in [6.07, 6.45) is 3.73. The molecule has 1 atom stereocenters. The van der Waals surface area contributed by atoms with Crippen LogP contribution >= 0.6 is 0 Å². The Bertz CT molecular complexity index is 470. The Balaban J connectivity index is 1.95. The number of piperidine rings is 1. The van der Waals surface area contributed by atoms with E-state index in [-0.39, 0.29) is 0 Å². The van der Waals surface area contributed by atoms with Gasteiger partial charge in [-0.3, -0.25) is 9.59 Å². The second-order valence-corrected chi connectivity index (χ2v) is 5.17. The lowest BCUT2D eigenvalue weighted by Gasteiger charge is -2.30. The van der Waals surface area contributed by atoms with Crippen LogP contribution in [0.1, 0.15) is 25.3 Å². The molecule has 19 heavy (non-hydrogen) atoms. The monoisotopic (exact) mass is 261 g/mol. The zero-order chi connectivity index (χ0) is 13.8. The highest BCUT2D eigenvalue weighted by Gasteiger charge is 2.26. The molecule has 1 saturated heterocycles. The second-order valence-electron chi connectivity index (χ2n) is 5.17. The highest BCUT2D eigenvalue weighted by Crippen LogP contribution is 2.15. The number of hydrogen-bond donors (Lipinski definition) is 1. The van der Waals surface area contributed by atoms with Crippen molar-refractivity contribution >= 4 is 17.6 Å². The van der Waals surface area contributed by atoms with Gasteiger partial charge in [-0.1, -0.05) is 13.0 Å². The van der Waals surface area contributed by atoms with Crippen molar-refractivity contribution in [2.24, 2.45) is 5.92 Å². The highest BCUT2D eigenvalue weighted by atomic mass is 16.2. The fourth-order valence-corrected chi connectivity index (χ4v) is 2.23. The summed E-state index contributed by atoms with van der Waals surface area (Å²) in [5, 5.41) is 2.54. The third-order valence-corrected chi connectivity index (χ3v) is 3.29. The molecule has 102 valence electrons. The fraction of sp³-hybridized carbons (Fsp3) is 0.500. The SMILES string of the molecule is Cc1ccc(NC(=O)C(=O)N2CCCC(C)C2)nc1. The molecule has 1 unspecified atom stereocenters. The van der Waals surface area contributed by atoms with Crippen LogP contribution in [-0.4, -0.2) is 34.8 Å². The zero-order valence-electron chi connectivity index (χ0n) is 11.3. The molecule has 5 heteroatoms. The molecule has 5 nitrogen and oxygen atoms in total. The highest BCUT2D eigenvalue weighted by molar-refractivity contribution is 6.39. The van der Waals surface area contributed by atoms with Gasteiger partial charge in [-0.15, -0.1) is 0 Å². The molecule has 1 aromatic rings. The number of nitrogens with zero attached hydrogens (tertiary/aromatic N) is 2. The number of rotatable bonds is 1. The summed E-state index contributed by atoms with van der Waals surface area (Å²) >= 11 is 0. The third kappa shape index (κ3) is 3.53. The summed E-state index contributed by atoms with van der Waals surface area (Å²) in [4.78, 5) is 29.5. The lowest BCUT2D eigenvalue weighted by Crippen LogP contribution is -2.44. The molecule has 0 aromatic carbocycles. The molecule has 2 heterocycles. The van der Waals surface area contributed by atoms with Crippen molar-refractivity contribution in [3.05, 3.63) is 23.9 Å². The minimum absolute atomic E-state index is 0.411. The normalized spacial score (nSPS) is 19.1. The van der Waals surface area contributed by atoms with Crippen LogP contribution in [0.15, 0.2) is 18.3 Å². The Morgan fingerprint density at radius 1 is 1.42 bits per heavy atom. The number of aryl methyl sites for hydroxylation is 1. The van der Waals surface area contributed by atoms with Gasteiger partial charge < -0.3 is 10.2 Å². The van der Waals surface area contributed by atoms with Gasteiger partial charge >= 0.3 is 11.8 Å². The quantitative estimate of drug-likeness (QED) is 0.781. The van der Waals surface area contributed by atoms with E-state index in [0.29, 0.717) is 24.8 Å². The van der Waals surface area contributed by atoms with Crippen LogP contribution < -0.4 is 5.32 Å². The van der Waals surface area contributed by atoms with Gasteiger partial charge in [0.25, 0.3) is 0 Å². The molecule has 2 rings (SSSR count). The average molecular weight is 261 g/mol. The lowest BCUT2D eigenvalue weighted by molar-refractivity contribution is -0.144. The van der Waals surface area contributed by atoms with Gasteiger partial charge in [0.1, 0.15) is 5.82 Å². The first-order chi connectivity index (χ1) is 9.06. The van der Waals surface area contributed by atoms with Crippen LogP contribution in [0.4, 0.5) is 5.82 Å². The minimum atomic E-state index is -0.606. The van der Waals surface area contributed by atoms with E-state index in [9.17, 15) is 9.59 Å². The maximum Gasteiger partial charge on any atom is 0.315 e. The first-order valence-corrected chi connectivity index (χ1v) is 6.59. The molecule has 1 fully saturated rings. The summed E-state index contributed by atoms with van der Waals surface area (Å²) in [7, 11) is 0. The molecule has 0 saturated carbocycles. The summed E-state index contributed by atoms with van der Waals surface area (Å²) in [6.45, 7) is 5.34. The second kappa shape index (κ2) is 5.82. The van der Waals surface area contributed by atoms with Crippen molar-refractivity contribution in [1.82, 2.24) is 9.88 Å². The molecule has 2 amide bonds. The van der Waals surface area contributed by atoms with Crippen molar-refractivity contribution in [1.29, 1.82) is 0 Å². The molecular formula is C14H19N3O2. The van der Waals surface area contributed by atoms with Crippen LogP contribution in [0.3, 0.4) is 0 Å². The van der Waals surface area contributed by atoms with E-state index in [0.717, 1.165) is 18.4 Å². The number of hydrogen-bond acceptors (Lipinski definition) is 3. The number of anilines is 1. The summed E-state index contributed by atoms with van der Waals surface area (Å²) in [5.74, 6) is -0.198. The molecule has 1 aliphatic heterocycles. The average Bonchev–Trinajstić information content (AvgIpc) is 2.40. The van der Waals surface area contributed by atoms with Crippen molar-refractivity contribution in [2.75, 3.05) is 18.4 Å². The van der Waals surface area contributed by atoms with Gasteiger partial charge in [-0.05, 0) is 37.3 Å². The van der Waals surface area contributed by atoms with Crippen molar-refractivity contribution in [3.8, 4) is 0 Å². The van der Waals surface area contributed by atoms with Crippen LogP contribution in [0, 0.1) is 12.8 Å². The van der Waals surface area contributed by atoms with Crippen LogP contribution in [0.2, 0.25) is 0 Å². The fourth-order valence-electron chi connectivity index (χ4n) is 2.23. The molecule has 0 spiro atoms. The number of likely N-dealkylation sites (tertiary alicyclic amines) is 1. The zero-order valence-corrected chi connectivity index (χ0v) is 11.3. The third-order valence-electron chi connectivity index (χ3n) is 3.29. The maximum absolute atomic E-state index is 12.0. The first kappa shape index (κ1) is 13.5. The Hall–Kier alpha value is -1.91. The van der Waals surface area contributed by atoms with E-state index in [1.54, 1.807) is 17.2 Å². The van der Waals surface area contributed by atoms with Crippen molar-refractivity contribution < 1.29 is 9.59 Å². The van der Waals surface area contributed by atoms with Crippen LogP contribution in [-0.2, 0) is 9.59 Å². The standard InChI is InChI=1S/C14H19N3O2/c1-10-5-6-12(15-8-10)16-13(18)14(19)17-7-3-4-11(2)9-17/h5-6,8,11H,3-4,7,9H2,1-2H3,(H,15,16,18). The van der Waals surface area contributed by atoms with Crippen LogP contribution in [0.5, 0.6) is 0 Å². The number of amides is 2. The maximum atomic E-state index is 12.0. The topological polar surface area (TPSA) is 62.3 Å². The predicted molar refractivity (Wildman–Crippen MR) is 72.6 cm³/mol. The number of carbonyl (C=O) groups excluding carboxylic acids is 2. The Kier molecular flexibility index (Phi) is 4.14. The van der Waals surface area contributed by atoms with E-state index in [1.165, 1.54) is 0 Å². The minimum Gasteiger partial charge on any atom is -0.334 e. The Labute approximate surface area is 113 Å². The van der Waals surface area contributed by atoms with E-state index in [4.69, 9.17) is 0 Å². The largest absolute Gasteiger partial charge is 0.334 e. The molecule has 0 radical (unpaired) electrons. The van der Waals surface area contributed by atoms with Gasteiger partial charge in [0, 0.05) is 19.3 Å². The van der Waals surface area contributed by atoms with Gasteiger partial charge in [-0.2, -0.15) is 0 Å². The number of nitrogens with one attached hydrogen (secondary N) is 1. The van der Waals surface area contributed by atoms with Gasteiger partial charge in [-0.25, -0.2) is 4.98 Å². The summed E-state index contributed by atoms with van der Waals surface area (Å²) in [6, 6.07) is 3.54. The molecule has 0 bridgehead atoms.